The molecule has 0 saturated carbocycles. The minimum atomic E-state index is -0.496. The van der Waals surface area contributed by atoms with Gasteiger partial charge in [0.2, 0.25) is 0 Å². The summed E-state index contributed by atoms with van der Waals surface area (Å²) in [5.41, 5.74) is 5.68. The average Bonchev–Trinajstić information content (AvgIpc) is 3.17. The summed E-state index contributed by atoms with van der Waals surface area (Å²) in [6.07, 6.45) is 4.52. The topological polar surface area (TPSA) is 71.5 Å². The van der Waals surface area contributed by atoms with Crippen LogP contribution in [0.25, 0.3) is 28.1 Å². The van der Waals surface area contributed by atoms with E-state index in [1.165, 1.54) is 22.3 Å². The van der Waals surface area contributed by atoms with Crippen LogP contribution in [0.15, 0.2) is 79.0 Å². The van der Waals surface area contributed by atoms with Gasteiger partial charge in [0.05, 0.1) is 5.02 Å². The van der Waals surface area contributed by atoms with E-state index in [2.05, 4.69) is 34.6 Å². The van der Waals surface area contributed by atoms with Crippen molar-refractivity contribution in [3.63, 3.8) is 0 Å². The number of nitrogens with zero attached hydrogens (tertiary/aromatic N) is 1. The van der Waals surface area contributed by atoms with Crippen LogP contribution in [0.2, 0.25) is 5.02 Å². The highest BCUT2D eigenvalue weighted by Crippen LogP contribution is 2.44. The third-order valence-corrected chi connectivity index (χ3v) is 6.16. The average molecular weight is 457 g/mol. The Morgan fingerprint density at radius 3 is 2.48 bits per heavy atom. The Morgan fingerprint density at radius 1 is 1.06 bits per heavy atom. The maximum atomic E-state index is 12.3. The lowest BCUT2D eigenvalue weighted by Crippen LogP contribution is -2.26. The summed E-state index contributed by atoms with van der Waals surface area (Å²) in [5.74, 6) is 0.0651. The predicted octanol–water partition coefficient (Wildman–Crippen LogP) is 6.15. The van der Waals surface area contributed by atoms with Crippen LogP contribution in [-0.2, 0) is 4.74 Å². The zero-order valence-corrected chi connectivity index (χ0v) is 18.4. The van der Waals surface area contributed by atoms with E-state index in [1.54, 1.807) is 36.5 Å². The molecule has 0 atom stereocenters. The molecular weight excluding hydrogens is 436 g/mol. The highest BCUT2D eigenvalue weighted by atomic mass is 35.5. The van der Waals surface area contributed by atoms with Crippen molar-refractivity contribution >= 4 is 34.7 Å². The Hall–Kier alpha value is -3.83. The molecule has 164 valence electrons. The monoisotopic (exact) mass is 456 g/mol. The molecule has 4 aromatic rings. The highest BCUT2D eigenvalue weighted by molar-refractivity contribution is 6.35. The normalized spacial score (nSPS) is 12.6. The number of hydrogen-bond donors (Lipinski definition) is 2. The number of fused-ring (bicyclic) bond motifs is 4. The maximum Gasteiger partial charge on any atom is 0.407 e. The lowest BCUT2D eigenvalue weighted by atomic mass is 9.98. The van der Waals surface area contributed by atoms with Crippen LogP contribution in [0.1, 0.15) is 22.6 Å². The van der Waals surface area contributed by atoms with E-state index < -0.39 is 6.09 Å². The molecule has 0 saturated heterocycles. The van der Waals surface area contributed by atoms with Gasteiger partial charge in [0, 0.05) is 29.6 Å². The largest absolute Gasteiger partial charge is 0.505 e. The summed E-state index contributed by atoms with van der Waals surface area (Å²) in [6, 6.07) is 21.7. The molecule has 0 aliphatic heterocycles. The van der Waals surface area contributed by atoms with Gasteiger partial charge in [0.25, 0.3) is 0 Å². The first-order valence-electron chi connectivity index (χ1n) is 10.6. The molecule has 1 aliphatic rings. The van der Waals surface area contributed by atoms with Crippen LogP contribution in [-0.4, -0.2) is 29.3 Å². The SMILES string of the molecule is O=C(NCC=Cc1cc(Cl)c2cccnc2c1O)OCC1c2ccccc2-c2ccccc21. The van der Waals surface area contributed by atoms with Crippen LogP contribution >= 0.6 is 11.6 Å². The second-order valence-electron chi connectivity index (χ2n) is 7.80. The number of carbonyl (C=O) groups excluding carboxylic acids is 1. The molecule has 2 N–H and O–H groups in total. The van der Waals surface area contributed by atoms with Crippen LogP contribution < -0.4 is 5.32 Å². The number of carbonyl (C=O) groups is 1. The number of hydrogen-bond acceptors (Lipinski definition) is 4. The number of halogens is 1. The van der Waals surface area contributed by atoms with Crippen molar-refractivity contribution in [1.82, 2.24) is 10.3 Å². The number of pyridine rings is 1. The van der Waals surface area contributed by atoms with Crippen molar-refractivity contribution < 1.29 is 14.6 Å². The Bertz CT molecular complexity index is 1340. The second kappa shape index (κ2) is 8.96. The number of phenolic OH excluding ortho intramolecular Hbond substituents is 1. The Balaban J connectivity index is 1.21. The van der Waals surface area contributed by atoms with Gasteiger partial charge in [-0.15, -0.1) is 0 Å². The number of nitrogens with one attached hydrogen (secondary N) is 1. The lowest BCUT2D eigenvalue weighted by Gasteiger charge is -2.14. The molecule has 6 heteroatoms. The van der Waals surface area contributed by atoms with Crippen molar-refractivity contribution in [3.05, 3.63) is 101 Å². The fraction of sp³-hybridized carbons (Fsp3) is 0.111. The van der Waals surface area contributed by atoms with Gasteiger partial charge in [-0.25, -0.2) is 4.79 Å². The number of aromatic hydroxyl groups is 1. The van der Waals surface area contributed by atoms with E-state index in [1.807, 2.05) is 24.3 Å². The van der Waals surface area contributed by atoms with Crippen LogP contribution in [0, 0.1) is 0 Å². The number of amides is 1. The number of rotatable bonds is 5. The minimum Gasteiger partial charge on any atom is -0.505 e. The minimum absolute atomic E-state index is 0.0166. The smallest absolute Gasteiger partial charge is 0.407 e. The first-order chi connectivity index (χ1) is 16.1. The van der Waals surface area contributed by atoms with Crippen molar-refractivity contribution in [1.29, 1.82) is 0 Å². The first kappa shape index (κ1) is 21.0. The third-order valence-electron chi connectivity index (χ3n) is 5.85. The van der Waals surface area contributed by atoms with Crippen LogP contribution in [0.5, 0.6) is 5.75 Å². The first-order valence-corrected chi connectivity index (χ1v) is 11.0. The fourth-order valence-corrected chi connectivity index (χ4v) is 4.58. The van der Waals surface area contributed by atoms with Gasteiger partial charge in [-0.2, -0.15) is 0 Å². The van der Waals surface area contributed by atoms with E-state index in [0.717, 1.165) is 0 Å². The molecule has 1 amide bonds. The number of aromatic nitrogens is 1. The molecule has 0 fully saturated rings. The summed E-state index contributed by atoms with van der Waals surface area (Å²) >= 11 is 6.30. The summed E-state index contributed by atoms with van der Waals surface area (Å²) in [7, 11) is 0. The van der Waals surface area contributed by atoms with Gasteiger partial charge >= 0.3 is 6.09 Å². The summed E-state index contributed by atoms with van der Waals surface area (Å²) in [4.78, 5) is 16.5. The molecule has 0 spiro atoms. The van der Waals surface area contributed by atoms with E-state index >= 15 is 0 Å². The molecule has 33 heavy (non-hydrogen) atoms. The molecule has 5 rings (SSSR count). The third kappa shape index (κ3) is 4.03. The number of phenols is 1. The Kier molecular flexibility index (Phi) is 5.71. The zero-order valence-electron chi connectivity index (χ0n) is 17.7. The van der Waals surface area contributed by atoms with Crippen molar-refractivity contribution in [2.75, 3.05) is 13.2 Å². The summed E-state index contributed by atoms with van der Waals surface area (Å²) in [5, 5.41) is 14.4. The van der Waals surface area contributed by atoms with E-state index in [4.69, 9.17) is 16.3 Å². The lowest BCUT2D eigenvalue weighted by molar-refractivity contribution is 0.144. The summed E-state index contributed by atoms with van der Waals surface area (Å²) < 4.78 is 5.53. The van der Waals surface area contributed by atoms with Gasteiger partial charge in [-0.1, -0.05) is 72.3 Å². The van der Waals surface area contributed by atoms with Gasteiger partial charge in [0.15, 0.2) is 0 Å². The van der Waals surface area contributed by atoms with Gasteiger partial charge < -0.3 is 15.2 Å². The van der Waals surface area contributed by atoms with E-state index in [-0.39, 0.29) is 24.8 Å². The highest BCUT2D eigenvalue weighted by Gasteiger charge is 2.28. The molecule has 1 aromatic heterocycles. The van der Waals surface area contributed by atoms with E-state index in [0.29, 0.717) is 21.5 Å². The molecule has 5 nitrogen and oxygen atoms in total. The van der Waals surface area contributed by atoms with Gasteiger partial charge in [-0.05, 0) is 40.5 Å². The number of ether oxygens (including phenoxy) is 1. The quantitative estimate of drug-likeness (QED) is 0.378. The van der Waals surface area contributed by atoms with E-state index in [9.17, 15) is 9.90 Å². The molecule has 0 bridgehead atoms. The Morgan fingerprint density at radius 2 is 1.76 bits per heavy atom. The maximum absolute atomic E-state index is 12.3. The van der Waals surface area contributed by atoms with Gasteiger partial charge in [0.1, 0.15) is 17.9 Å². The predicted molar refractivity (Wildman–Crippen MR) is 131 cm³/mol. The second-order valence-corrected chi connectivity index (χ2v) is 8.21. The molecular formula is C27H21ClN2O3. The molecule has 1 heterocycles. The van der Waals surface area contributed by atoms with Crippen molar-refractivity contribution in [2.24, 2.45) is 0 Å². The Labute approximate surface area is 196 Å². The molecule has 0 unspecified atom stereocenters. The van der Waals surface area contributed by atoms with Crippen LogP contribution in [0.4, 0.5) is 4.79 Å². The molecule has 1 aliphatic carbocycles. The molecule has 3 aromatic carbocycles. The number of alkyl carbamates (subject to hydrolysis) is 1. The van der Waals surface area contributed by atoms with Crippen molar-refractivity contribution in [2.45, 2.75) is 5.92 Å². The standard InChI is InChI=1S/C27H21ClN2O3/c28-24-15-17(26(31)25-22(24)12-6-13-29-25)7-5-14-30-27(32)33-16-23-20-10-3-1-8-18(20)19-9-2-4-11-21(19)23/h1-13,15,23,31H,14,16H2,(H,30,32). The zero-order chi connectivity index (χ0) is 22.8. The van der Waals surface area contributed by atoms with Crippen molar-refractivity contribution in [3.8, 4) is 16.9 Å². The van der Waals surface area contributed by atoms with Crippen LogP contribution in [0.3, 0.4) is 0 Å². The molecule has 0 radical (unpaired) electrons. The van der Waals surface area contributed by atoms with Gasteiger partial charge in [-0.3, -0.25) is 4.98 Å². The summed E-state index contributed by atoms with van der Waals surface area (Å²) in [6.45, 7) is 0.504. The number of benzene rings is 3. The fourth-order valence-electron chi connectivity index (χ4n) is 4.31.